The first kappa shape index (κ1) is 14.2. The van der Waals surface area contributed by atoms with Gasteiger partial charge in [0.25, 0.3) is 0 Å². The summed E-state index contributed by atoms with van der Waals surface area (Å²) in [6.07, 6.45) is 4.92. The van der Waals surface area contributed by atoms with Crippen LogP contribution in [0.2, 0.25) is 0 Å². The fraction of sp³-hybridized carbons (Fsp3) is 0.929. The second-order valence-electron chi connectivity index (χ2n) is 5.54. The quantitative estimate of drug-likeness (QED) is 0.830. The molecule has 1 saturated carbocycles. The van der Waals surface area contributed by atoms with Crippen LogP contribution >= 0.6 is 11.8 Å². The van der Waals surface area contributed by atoms with Gasteiger partial charge in [-0.15, -0.1) is 11.8 Å². The average Bonchev–Trinajstić information content (AvgIpc) is 2.99. The zero-order valence-corrected chi connectivity index (χ0v) is 12.5. The Kier molecular flexibility index (Phi) is 5.37. The van der Waals surface area contributed by atoms with E-state index in [9.17, 15) is 4.79 Å². The van der Waals surface area contributed by atoms with Gasteiger partial charge in [-0.05, 0) is 38.1 Å². The average molecular weight is 270 g/mol. The van der Waals surface area contributed by atoms with Gasteiger partial charge in [-0.1, -0.05) is 13.8 Å². The van der Waals surface area contributed by atoms with E-state index >= 15 is 0 Å². The van der Waals surface area contributed by atoms with Crippen molar-refractivity contribution in [2.45, 2.75) is 50.8 Å². The summed E-state index contributed by atoms with van der Waals surface area (Å²) in [7, 11) is 0. The molecule has 18 heavy (non-hydrogen) atoms. The molecule has 1 N–H and O–H groups in total. The third-order valence-electron chi connectivity index (χ3n) is 4.33. The summed E-state index contributed by atoms with van der Waals surface area (Å²) < 4.78 is 0. The Hall–Kier alpha value is -0.220. The van der Waals surface area contributed by atoms with Gasteiger partial charge >= 0.3 is 0 Å². The Morgan fingerprint density at radius 3 is 2.72 bits per heavy atom. The van der Waals surface area contributed by atoms with Gasteiger partial charge in [-0.3, -0.25) is 4.79 Å². The van der Waals surface area contributed by atoms with Gasteiger partial charge < -0.3 is 10.2 Å². The summed E-state index contributed by atoms with van der Waals surface area (Å²) in [5, 5.41) is 4.23. The monoisotopic (exact) mass is 270 g/mol. The van der Waals surface area contributed by atoms with Crippen molar-refractivity contribution in [1.82, 2.24) is 10.2 Å². The number of thioether (sulfide) groups is 1. The number of carbonyl (C=O) groups excluding carboxylic acids is 1. The third kappa shape index (κ3) is 3.41. The van der Waals surface area contributed by atoms with Crippen LogP contribution in [0.1, 0.15) is 39.5 Å². The maximum Gasteiger partial charge on any atom is 0.232 e. The lowest BCUT2D eigenvalue weighted by Crippen LogP contribution is -2.34. The maximum atomic E-state index is 12.0. The van der Waals surface area contributed by atoms with Crippen molar-refractivity contribution in [3.8, 4) is 0 Å². The molecule has 1 aliphatic heterocycles. The van der Waals surface area contributed by atoms with Gasteiger partial charge in [0.05, 0.1) is 5.75 Å². The number of amides is 1. The van der Waals surface area contributed by atoms with E-state index < -0.39 is 0 Å². The molecule has 2 aliphatic rings. The lowest BCUT2D eigenvalue weighted by molar-refractivity contribution is -0.127. The molecule has 0 aromatic carbocycles. The highest BCUT2D eigenvalue weighted by Gasteiger charge is 2.33. The SMILES string of the molecule is CCNC1CCC(SCC(=O)N2CCCC2)C1C. The summed E-state index contributed by atoms with van der Waals surface area (Å²) in [6.45, 7) is 7.53. The zero-order valence-electron chi connectivity index (χ0n) is 11.7. The standard InChI is InChI=1S/C14H26N2OS/c1-3-15-12-6-7-13(11(12)2)18-10-14(17)16-8-4-5-9-16/h11-13,15H,3-10H2,1-2H3. The molecule has 0 bridgehead atoms. The van der Waals surface area contributed by atoms with Gasteiger partial charge in [0.15, 0.2) is 0 Å². The van der Waals surface area contributed by atoms with Crippen LogP contribution in [-0.2, 0) is 4.79 Å². The van der Waals surface area contributed by atoms with E-state index in [4.69, 9.17) is 0 Å². The van der Waals surface area contributed by atoms with E-state index in [1.54, 1.807) is 0 Å². The molecule has 3 unspecified atom stereocenters. The van der Waals surface area contributed by atoms with Crippen molar-refractivity contribution in [2.75, 3.05) is 25.4 Å². The summed E-state index contributed by atoms with van der Waals surface area (Å²) in [5.74, 6) is 1.74. The van der Waals surface area contributed by atoms with Crippen molar-refractivity contribution in [1.29, 1.82) is 0 Å². The second kappa shape index (κ2) is 6.80. The molecule has 1 heterocycles. The van der Waals surface area contributed by atoms with Crippen LogP contribution in [-0.4, -0.2) is 47.5 Å². The molecule has 1 aliphatic carbocycles. The van der Waals surface area contributed by atoms with Crippen LogP contribution < -0.4 is 5.32 Å². The van der Waals surface area contributed by atoms with E-state index in [2.05, 4.69) is 19.2 Å². The van der Waals surface area contributed by atoms with Crippen LogP contribution in [0.15, 0.2) is 0 Å². The highest BCUT2D eigenvalue weighted by molar-refractivity contribution is 8.00. The Labute approximate surface area is 115 Å². The molecule has 104 valence electrons. The number of nitrogens with zero attached hydrogens (tertiary/aromatic N) is 1. The number of likely N-dealkylation sites (tertiary alicyclic amines) is 1. The highest BCUT2D eigenvalue weighted by atomic mass is 32.2. The number of nitrogens with one attached hydrogen (secondary N) is 1. The minimum atomic E-state index is 0.358. The Morgan fingerprint density at radius 1 is 1.33 bits per heavy atom. The molecule has 0 radical (unpaired) electrons. The minimum absolute atomic E-state index is 0.358. The number of hydrogen-bond donors (Lipinski definition) is 1. The van der Waals surface area contributed by atoms with Crippen molar-refractivity contribution in [3.05, 3.63) is 0 Å². The van der Waals surface area contributed by atoms with E-state index in [-0.39, 0.29) is 0 Å². The van der Waals surface area contributed by atoms with E-state index in [1.807, 2.05) is 16.7 Å². The predicted molar refractivity (Wildman–Crippen MR) is 77.9 cm³/mol. The maximum absolute atomic E-state index is 12.0. The molecule has 1 amide bonds. The smallest absolute Gasteiger partial charge is 0.232 e. The summed E-state index contributed by atoms with van der Waals surface area (Å²) in [4.78, 5) is 14.0. The molecule has 2 rings (SSSR count). The van der Waals surface area contributed by atoms with Crippen molar-refractivity contribution in [3.63, 3.8) is 0 Å². The van der Waals surface area contributed by atoms with E-state index in [0.29, 0.717) is 28.9 Å². The number of rotatable bonds is 5. The molecule has 0 aromatic heterocycles. The summed E-state index contributed by atoms with van der Waals surface area (Å²) in [5.41, 5.74) is 0. The van der Waals surface area contributed by atoms with E-state index in [1.165, 1.54) is 25.7 Å². The minimum Gasteiger partial charge on any atom is -0.342 e. The predicted octanol–water partition coefficient (Wildman–Crippen LogP) is 2.12. The van der Waals surface area contributed by atoms with Gasteiger partial charge in [0, 0.05) is 24.4 Å². The number of carbonyl (C=O) groups is 1. The highest BCUT2D eigenvalue weighted by Crippen LogP contribution is 2.35. The molecular formula is C14H26N2OS. The molecule has 0 aromatic rings. The van der Waals surface area contributed by atoms with Gasteiger partial charge in [0.1, 0.15) is 0 Å². The fourth-order valence-electron chi connectivity index (χ4n) is 3.15. The second-order valence-corrected chi connectivity index (χ2v) is 6.77. The van der Waals surface area contributed by atoms with Gasteiger partial charge in [0.2, 0.25) is 5.91 Å². The molecule has 1 saturated heterocycles. The number of hydrogen-bond acceptors (Lipinski definition) is 3. The molecule has 0 spiro atoms. The van der Waals surface area contributed by atoms with Crippen LogP contribution in [0.25, 0.3) is 0 Å². The molecule has 3 atom stereocenters. The Bertz CT molecular complexity index is 279. The fourth-order valence-corrected chi connectivity index (χ4v) is 4.49. The van der Waals surface area contributed by atoms with Crippen molar-refractivity contribution < 1.29 is 4.79 Å². The lowest BCUT2D eigenvalue weighted by Gasteiger charge is -2.22. The first-order valence-corrected chi connectivity index (χ1v) is 8.40. The zero-order chi connectivity index (χ0) is 13.0. The van der Waals surface area contributed by atoms with E-state index in [0.717, 1.165) is 19.6 Å². The molecule has 2 fully saturated rings. The molecule has 4 heteroatoms. The largest absolute Gasteiger partial charge is 0.342 e. The first-order chi connectivity index (χ1) is 8.72. The first-order valence-electron chi connectivity index (χ1n) is 7.35. The van der Waals surface area contributed by atoms with Crippen molar-refractivity contribution in [2.24, 2.45) is 5.92 Å². The van der Waals surface area contributed by atoms with Crippen LogP contribution in [0.4, 0.5) is 0 Å². The van der Waals surface area contributed by atoms with Gasteiger partial charge in [-0.25, -0.2) is 0 Å². The van der Waals surface area contributed by atoms with Gasteiger partial charge in [-0.2, -0.15) is 0 Å². The third-order valence-corrected chi connectivity index (χ3v) is 5.84. The topological polar surface area (TPSA) is 32.3 Å². The summed E-state index contributed by atoms with van der Waals surface area (Å²) >= 11 is 1.89. The van der Waals surface area contributed by atoms with Crippen LogP contribution in [0.3, 0.4) is 0 Å². The normalized spacial score (nSPS) is 32.1. The Balaban J connectivity index is 1.72. The molecule has 3 nitrogen and oxygen atoms in total. The van der Waals surface area contributed by atoms with Crippen molar-refractivity contribution >= 4 is 17.7 Å². The molecular weight excluding hydrogens is 244 g/mol. The van der Waals surface area contributed by atoms with Crippen LogP contribution in [0.5, 0.6) is 0 Å². The summed E-state index contributed by atoms with van der Waals surface area (Å²) in [6, 6.07) is 0.661. The lowest BCUT2D eigenvalue weighted by atomic mass is 10.1. The van der Waals surface area contributed by atoms with Crippen LogP contribution in [0, 0.1) is 5.92 Å². The Morgan fingerprint density at radius 2 is 2.06 bits per heavy atom.